The van der Waals surface area contributed by atoms with E-state index in [9.17, 15) is 19.3 Å². The Morgan fingerprint density at radius 1 is 0.583 bits per heavy atom. The van der Waals surface area contributed by atoms with Crippen LogP contribution in [0.5, 0.6) is 0 Å². The van der Waals surface area contributed by atoms with Gasteiger partial charge in [0.1, 0.15) is 6.61 Å². The minimum absolute atomic E-state index is 0.0574. The first-order chi connectivity index (χ1) is 23.2. The lowest BCUT2D eigenvalue weighted by molar-refractivity contribution is -0.161. The summed E-state index contributed by atoms with van der Waals surface area (Å²) in [6.45, 7) is 4.15. The summed E-state index contributed by atoms with van der Waals surface area (Å²) in [6.07, 6.45) is 32.9. The molecule has 288 valence electrons. The van der Waals surface area contributed by atoms with Crippen molar-refractivity contribution in [2.75, 3.05) is 26.4 Å². The third-order valence-electron chi connectivity index (χ3n) is 8.28. The van der Waals surface area contributed by atoms with Crippen molar-refractivity contribution < 1.29 is 43.0 Å². The maximum atomic E-state index is 12.1. The number of hydrogen-bond donors (Lipinski definition) is 4. The number of phosphoric ester groups is 1. The van der Waals surface area contributed by atoms with Crippen LogP contribution in [-0.4, -0.2) is 59.3 Å². The molecule has 0 bridgehead atoms. The van der Waals surface area contributed by atoms with Gasteiger partial charge in [-0.25, -0.2) is 4.57 Å². The Morgan fingerprint density at radius 3 is 1.21 bits per heavy atom. The number of carbonyl (C=O) groups excluding carboxylic acids is 2. The summed E-state index contributed by atoms with van der Waals surface area (Å²) in [6, 6.07) is 0. The second-order valence-corrected chi connectivity index (χ2v) is 14.3. The predicted octanol–water partition coefficient (Wildman–Crippen LogP) is 9.45. The smallest absolute Gasteiger partial charge is 0.462 e. The monoisotopic (exact) mass is 710 g/mol. The number of aliphatic hydroxyl groups excluding tert-OH is 1. The summed E-state index contributed by atoms with van der Waals surface area (Å²) in [4.78, 5) is 40.1. The summed E-state index contributed by atoms with van der Waals surface area (Å²) in [5.74, 6) is -0.580. The molecule has 0 aliphatic heterocycles. The second-order valence-electron chi connectivity index (χ2n) is 13.1. The van der Waals surface area contributed by atoms with Gasteiger partial charge in [-0.15, -0.1) is 0 Å². The van der Waals surface area contributed by atoms with Crippen molar-refractivity contribution in [3.05, 3.63) is 0 Å². The van der Waals surface area contributed by atoms with E-state index in [4.69, 9.17) is 25.0 Å². The van der Waals surface area contributed by atoms with Crippen LogP contribution in [0.15, 0.2) is 0 Å². The van der Waals surface area contributed by atoms with E-state index in [0.717, 1.165) is 32.1 Å². The molecule has 0 aromatic carbocycles. The highest BCUT2D eigenvalue weighted by atomic mass is 31.2. The number of esters is 2. The maximum Gasteiger partial charge on any atom is 0.469 e. The van der Waals surface area contributed by atoms with E-state index in [0.29, 0.717) is 12.8 Å². The Bertz CT molecular complexity index is 736. The molecule has 0 unspecified atom stereocenters. The Morgan fingerprint density at radius 2 is 0.917 bits per heavy atom. The van der Waals surface area contributed by atoms with Crippen molar-refractivity contribution in [3.63, 3.8) is 0 Å². The molecule has 0 aliphatic carbocycles. The zero-order valence-electron chi connectivity index (χ0n) is 31.0. The van der Waals surface area contributed by atoms with Gasteiger partial charge in [-0.05, 0) is 12.8 Å². The van der Waals surface area contributed by atoms with Crippen molar-refractivity contribution in [1.29, 1.82) is 0 Å². The molecular formula is C37H76NO9P. The molecule has 0 radical (unpaired) electrons. The molecule has 1 atom stereocenters. The van der Waals surface area contributed by atoms with Gasteiger partial charge < -0.3 is 30.1 Å². The fraction of sp³-hybridized carbons (Fsp3) is 0.946. The van der Waals surface area contributed by atoms with Crippen LogP contribution in [-0.2, 0) is 28.2 Å². The number of aliphatic hydroxyl groups is 1. The summed E-state index contributed by atoms with van der Waals surface area (Å²) in [5, 5.41) is 9.50. The number of rotatable bonds is 35. The lowest BCUT2D eigenvalue weighted by Gasteiger charge is -2.15. The average Bonchev–Trinajstić information content (AvgIpc) is 3.06. The van der Waals surface area contributed by atoms with E-state index in [1.807, 2.05) is 0 Å². The Kier molecular flexibility index (Phi) is 39.6. The number of ether oxygens (including phenoxy) is 2. The number of phosphoric acid groups is 1. The first-order valence-corrected chi connectivity index (χ1v) is 21.1. The van der Waals surface area contributed by atoms with Crippen molar-refractivity contribution in [3.8, 4) is 0 Å². The van der Waals surface area contributed by atoms with E-state index in [2.05, 4.69) is 18.4 Å². The third-order valence-corrected chi connectivity index (χ3v) is 8.80. The summed E-state index contributed by atoms with van der Waals surface area (Å²) >= 11 is 0. The Labute approximate surface area is 294 Å². The van der Waals surface area contributed by atoms with Gasteiger partial charge in [-0.2, -0.15) is 0 Å². The number of carbonyl (C=O) groups is 2. The van der Waals surface area contributed by atoms with Gasteiger partial charge in [-0.3, -0.25) is 14.1 Å². The second kappa shape index (κ2) is 38.8. The first kappa shape index (κ1) is 49.1. The van der Waals surface area contributed by atoms with Crippen LogP contribution < -0.4 is 5.73 Å². The van der Waals surface area contributed by atoms with Gasteiger partial charge in [0.2, 0.25) is 0 Å². The summed E-state index contributed by atoms with van der Waals surface area (Å²) in [5.41, 5.74) is 4.87. The van der Waals surface area contributed by atoms with Crippen LogP contribution in [0.4, 0.5) is 0 Å². The predicted molar refractivity (Wildman–Crippen MR) is 196 cm³/mol. The minimum atomic E-state index is -4.26. The lowest BCUT2D eigenvalue weighted by Crippen LogP contribution is -2.28. The van der Waals surface area contributed by atoms with E-state index < -0.39 is 13.9 Å². The Balaban J connectivity index is 0. The van der Waals surface area contributed by atoms with E-state index >= 15 is 0 Å². The van der Waals surface area contributed by atoms with Crippen LogP contribution in [0.2, 0.25) is 0 Å². The average molecular weight is 710 g/mol. The first-order valence-electron chi connectivity index (χ1n) is 19.6. The molecule has 10 nitrogen and oxygen atoms in total. The van der Waals surface area contributed by atoms with Gasteiger partial charge in [-0.1, -0.05) is 168 Å². The Hall–Kier alpha value is -1.03. The molecule has 48 heavy (non-hydrogen) atoms. The third kappa shape index (κ3) is 43.0. The topological polar surface area (TPSA) is 166 Å². The largest absolute Gasteiger partial charge is 0.469 e. The van der Waals surface area contributed by atoms with Gasteiger partial charge in [0.15, 0.2) is 6.10 Å². The highest BCUT2D eigenvalue weighted by Crippen LogP contribution is 2.34. The molecule has 0 heterocycles. The van der Waals surface area contributed by atoms with E-state index in [1.54, 1.807) is 0 Å². The highest BCUT2D eigenvalue weighted by molar-refractivity contribution is 7.46. The summed E-state index contributed by atoms with van der Waals surface area (Å²) in [7, 11) is -4.26. The molecule has 0 fully saturated rings. The van der Waals surface area contributed by atoms with Crippen molar-refractivity contribution in [2.45, 2.75) is 200 Å². The van der Waals surface area contributed by atoms with Gasteiger partial charge >= 0.3 is 19.8 Å². The SMILES string of the molecule is CCCCCCCCCCCCCCCC(=O)OC[C@H](CO)OC(=O)CCCCCCCCCCCCCCC.NCCOP(=O)(O)O. The van der Waals surface area contributed by atoms with Crippen LogP contribution >= 0.6 is 7.82 Å². The molecule has 11 heteroatoms. The number of unbranched alkanes of at least 4 members (excludes halogenated alkanes) is 24. The molecule has 0 aliphatic rings. The molecule has 0 rings (SSSR count). The highest BCUT2D eigenvalue weighted by Gasteiger charge is 2.16. The zero-order valence-corrected chi connectivity index (χ0v) is 31.9. The lowest BCUT2D eigenvalue weighted by atomic mass is 10.0. The molecule has 0 saturated heterocycles. The zero-order chi connectivity index (χ0) is 36.0. The minimum Gasteiger partial charge on any atom is -0.462 e. The molecule has 0 saturated carbocycles. The van der Waals surface area contributed by atoms with Gasteiger partial charge in [0.25, 0.3) is 0 Å². The number of nitrogens with two attached hydrogens (primary N) is 1. The van der Waals surface area contributed by atoms with E-state index in [-0.39, 0.29) is 38.3 Å². The fourth-order valence-electron chi connectivity index (χ4n) is 5.37. The molecular weight excluding hydrogens is 633 g/mol. The van der Waals surface area contributed by atoms with E-state index in [1.165, 1.54) is 135 Å². The fourth-order valence-corrected chi connectivity index (χ4v) is 5.72. The maximum absolute atomic E-state index is 12.1. The number of hydrogen-bond acceptors (Lipinski definition) is 8. The quantitative estimate of drug-likeness (QED) is 0.0283. The molecule has 0 amide bonds. The van der Waals surface area contributed by atoms with Crippen LogP contribution in [0, 0.1) is 0 Å². The molecule has 0 aromatic rings. The van der Waals surface area contributed by atoms with Crippen LogP contribution in [0.1, 0.15) is 194 Å². The molecule has 5 N–H and O–H groups in total. The normalized spacial score (nSPS) is 12.0. The standard InChI is InChI=1S/C35H68O5.C2H8NO4P/c1-3-5-7-9-11-13-15-17-19-21-23-25-27-29-34(37)39-32-33(31-36)40-35(38)30-28-26-24-22-20-18-16-14-12-10-8-6-4-2;3-1-2-7-8(4,5)6/h33,36H,3-32H2,1-2H3;1-3H2,(H2,4,5,6)/t33-;/m0./s1. The van der Waals surface area contributed by atoms with Gasteiger partial charge in [0, 0.05) is 19.4 Å². The van der Waals surface area contributed by atoms with Crippen molar-refractivity contribution >= 4 is 19.8 Å². The van der Waals surface area contributed by atoms with Crippen LogP contribution in [0.25, 0.3) is 0 Å². The molecule has 0 spiro atoms. The van der Waals surface area contributed by atoms with Crippen molar-refractivity contribution in [2.24, 2.45) is 5.73 Å². The summed E-state index contributed by atoms with van der Waals surface area (Å²) < 4.78 is 24.3. The van der Waals surface area contributed by atoms with Crippen molar-refractivity contribution in [1.82, 2.24) is 0 Å². The van der Waals surface area contributed by atoms with Gasteiger partial charge in [0.05, 0.1) is 13.2 Å². The van der Waals surface area contributed by atoms with Crippen LogP contribution in [0.3, 0.4) is 0 Å². The molecule has 0 aromatic heterocycles.